The summed E-state index contributed by atoms with van der Waals surface area (Å²) in [7, 11) is 0. The summed E-state index contributed by atoms with van der Waals surface area (Å²) < 4.78 is 4.86. The Morgan fingerprint density at radius 1 is 1.31 bits per heavy atom. The first-order valence-corrected chi connectivity index (χ1v) is 8.28. The highest BCUT2D eigenvalue weighted by Gasteiger charge is 2.47. The third-order valence-electron chi connectivity index (χ3n) is 4.30. The molecule has 0 bridgehead atoms. The second-order valence-electron chi connectivity index (χ2n) is 6.51. The molecule has 4 amide bonds. The molecule has 0 unspecified atom stereocenters. The molecule has 1 fully saturated rings. The van der Waals surface area contributed by atoms with E-state index in [0.717, 1.165) is 10.5 Å². The first-order valence-electron chi connectivity index (χ1n) is 8.28. The lowest BCUT2D eigenvalue weighted by Crippen LogP contribution is -2.45. The Hall–Kier alpha value is -3.16. The number of hydrogen-bond acceptors (Lipinski definition) is 5. The normalized spacial score (nSPS) is 19.5. The van der Waals surface area contributed by atoms with Gasteiger partial charge in [0.25, 0.3) is 5.91 Å². The Kier molecular flexibility index (Phi) is 4.75. The Morgan fingerprint density at radius 3 is 2.69 bits per heavy atom. The number of aryl methyl sites for hydroxylation is 2. The van der Waals surface area contributed by atoms with Gasteiger partial charge in [-0.2, -0.15) is 0 Å². The monoisotopic (exact) mass is 356 g/mol. The minimum Gasteiger partial charge on any atom is -0.360 e. The average molecular weight is 356 g/mol. The molecule has 1 aliphatic rings. The van der Waals surface area contributed by atoms with Crippen LogP contribution in [0.1, 0.15) is 24.7 Å². The number of rotatable bonds is 6. The number of amides is 4. The fourth-order valence-corrected chi connectivity index (χ4v) is 2.85. The van der Waals surface area contributed by atoms with Gasteiger partial charge in [0.05, 0.1) is 0 Å². The Labute approximate surface area is 150 Å². The van der Waals surface area contributed by atoms with Crippen molar-refractivity contribution >= 4 is 23.7 Å². The second kappa shape index (κ2) is 6.99. The van der Waals surface area contributed by atoms with Crippen molar-refractivity contribution < 1.29 is 18.9 Å². The van der Waals surface area contributed by atoms with Crippen molar-refractivity contribution in [1.29, 1.82) is 0 Å². The first kappa shape index (κ1) is 17.7. The molecule has 136 valence electrons. The number of benzene rings is 1. The van der Waals surface area contributed by atoms with Crippen LogP contribution in [0.25, 0.3) is 0 Å². The Bertz CT molecular complexity index is 833. The molecule has 1 aliphatic heterocycles. The Morgan fingerprint density at radius 2 is 2.04 bits per heavy atom. The molecule has 1 aromatic carbocycles. The molecule has 2 N–H and O–H groups in total. The van der Waals surface area contributed by atoms with Gasteiger partial charge in [0, 0.05) is 6.07 Å². The fraction of sp³-hybridized carbons (Fsp3) is 0.333. The molecular formula is C18H20N4O4. The lowest BCUT2D eigenvalue weighted by atomic mass is 9.93. The van der Waals surface area contributed by atoms with E-state index in [1.54, 1.807) is 19.9 Å². The van der Waals surface area contributed by atoms with E-state index in [2.05, 4.69) is 15.8 Å². The molecule has 8 nitrogen and oxygen atoms in total. The van der Waals surface area contributed by atoms with E-state index in [-0.39, 0.29) is 12.4 Å². The summed E-state index contributed by atoms with van der Waals surface area (Å²) in [5.41, 5.74) is 0.0471. The van der Waals surface area contributed by atoms with E-state index in [1.807, 2.05) is 30.3 Å². The summed E-state index contributed by atoms with van der Waals surface area (Å²) in [5, 5.41) is 8.84. The van der Waals surface area contributed by atoms with Crippen LogP contribution < -0.4 is 10.6 Å². The van der Waals surface area contributed by atoms with Crippen LogP contribution in [0.4, 0.5) is 10.6 Å². The lowest BCUT2D eigenvalue weighted by molar-refractivity contribution is -0.133. The van der Waals surface area contributed by atoms with Crippen molar-refractivity contribution in [2.75, 3.05) is 11.9 Å². The number of carbonyl (C=O) groups excluding carboxylic acids is 3. The smallest absolute Gasteiger partial charge is 0.325 e. The van der Waals surface area contributed by atoms with Gasteiger partial charge in [0.2, 0.25) is 5.91 Å². The highest BCUT2D eigenvalue weighted by molar-refractivity contribution is 6.09. The third kappa shape index (κ3) is 3.74. The van der Waals surface area contributed by atoms with Crippen molar-refractivity contribution in [3.8, 4) is 0 Å². The summed E-state index contributed by atoms with van der Waals surface area (Å²) in [4.78, 5) is 37.9. The summed E-state index contributed by atoms with van der Waals surface area (Å²) in [6.07, 6.45) is 1.09. The number of imide groups is 1. The topological polar surface area (TPSA) is 105 Å². The van der Waals surface area contributed by atoms with Crippen molar-refractivity contribution in [1.82, 2.24) is 15.4 Å². The van der Waals surface area contributed by atoms with Gasteiger partial charge in [0.15, 0.2) is 5.82 Å². The molecule has 8 heteroatoms. The van der Waals surface area contributed by atoms with Crippen molar-refractivity contribution in [2.24, 2.45) is 0 Å². The van der Waals surface area contributed by atoms with Crippen molar-refractivity contribution in [3.05, 3.63) is 47.7 Å². The number of anilines is 1. The zero-order chi connectivity index (χ0) is 18.7. The van der Waals surface area contributed by atoms with Gasteiger partial charge < -0.3 is 15.2 Å². The summed E-state index contributed by atoms with van der Waals surface area (Å²) in [6, 6.07) is 10.7. The maximum absolute atomic E-state index is 12.7. The third-order valence-corrected chi connectivity index (χ3v) is 4.30. The van der Waals surface area contributed by atoms with Crippen LogP contribution in [-0.2, 0) is 16.0 Å². The second-order valence-corrected chi connectivity index (χ2v) is 6.51. The first-order chi connectivity index (χ1) is 12.4. The van der Waals surface area contributed by atoms with Gasteiger partial charge >= 0.3 is 6.03 Å². The van der Waals surface area contributed by atoms with E-state index >= 15 is 0 Å². The van der Waals surface area contributed by atoms with Crippen LogP contribution in [0.3, 0.4) is 0 Å². The number of nitrogens with one attached hydrogen (secondary N) is 2. The van der Waals surface area contributed by atoms with Gasteiger partial charge in [-0.1, -0.05) is 35.5 Å². The van der Waals surface area contributed by atoms with Gasteiger partial charge in [-0.05, 0) is 32.3 Å². The zero-order valence-electron chi connectivity index (χ0n) is 14.6. The molecule has 0 aliphatic carbocycles. The van der Waals surface area contributed by atoms with Crippen LogP contribution in [0.15, 0.2) is 40.9 Å². The number of aromatic nitrogens is 1. The van der Waals surface area contributed by atoms with Crippen LogP contribution in [0.2, 0.25) is 0 Å². The zero-order valence-corrected chi connectivity index (χ0v) is 14.6. The number of hydrogen-bond donors (Lipinski definition) is 2. The molecule has 1 aromatic heterocycles. The highest BCUT2D eigenvalue weighted by atomic mass is 16.5. The van der Waals surface area contributed by atoms with Crippen LogP contribution in [0, 0.1) is 6.92 Å². The molecule has 0 spiro atoms. The Balaban J connectivity index is 1.61. The number of nitrogens with zero attached hydrogens (tertiary/aromatic N) is 2. The standard InChI is InChI=1S/C18H20N4O4/c1-12-10-14(21-26-12)19-15(23)11-22-16(24)18(2,20-17(22)25)9-8-13-6-4-3-5-7-13/h3-7,10H,8-9,11H2,1-2H3,(H,20,25)(H,19,21,23)/t18-/m0/s1. The van der Waals surface area contributed by atoms with E-state index in [1.165, 1.54) is 0 Å². The van der Waals surface area contributed by atoms with E-state index < -0.39 is 23.4 Å². The molecule has 2 heterocycles. The molecule has 2 aromatic rings. The van der Waals surface area contributed by atoms with E-state index in [0.29, 0.717) is 18.6 Å². The SMILES string of the molecule is Cc1cc(NC(=O)CN2C(=O)N[C@@](C)(CCc3ccccc3)C2=O)no1. The van der Waals surface area contributed by atoms with Crippen LogP contribution in [-0.4, -0.2) is 40.0 Å². The van der Waals surface area contributed by atoms with E-state index in [9.17, 15) is 14.4 Å². The van der Waals surface area contributed by atoms with Crippen LogP contribution >= 0.6 is 0 Å². The van der Waals surface area contributed by atoms with Crippen LogP contribution in [0.5, 0.6) is 0 Å². The fourth-order valence-electron chi connectivity index (χ4n) is 2.85. The summed E-state index contributed by atoms with van der Waals surface area (Å²) >= 11 is 0. The molecule has 3 rings (SSSR count). The molecule has 1 saturated heterocycles. The predicted molar refractivity (Wildman–Crippen MR) is 93.3 cm³/mol. The maximum Gasteiger partial charge on any atom is 0.325 e. The minimum atomic E-state index is -1.03. The van der Waals surface area contributed by atoms with Crippen molar-refractivity contribution in [3.63, 3.8) is 0 Å². The predicted octanol–water partition coefficient (Wildman–Crippen LogP) is 1.86. The van der Waals surface area contributed by atoms with Gasteiger partial charge in [-0.25, -0.2) is 4.79 Å². The molecular weight excluding hydrogens is 336 g/mol. The minimum absolute atomic E-state index is 0.242. The van der Waals surface area contributed by atoms with Crippen molar-refractivity contribution in [2.45, 2.75) is 32.2 Å². The number of urea groups is 1. The maximum atomic E-state index is 12.7. The summed E-state index contributed by atoms with van der Waals surface area (Å²) in [5.74, 6) is -0.144. The quantitative estimate of drug-likeness (QED) is 0.769. The summed E-state index contributed by atoms with van der Waals surface area (Å²) in [6.45, 7) is 2.99. The molecule has 0 saturated carbocycles. The molecule has 26 heavy (non-hydrogen) atoms. The van der Waals surface area contributed by atoms with E-state index in [4.69, 9.17) is 4.52 Å². The van der Waals surface area contributed by atoms with Gasteiger partial charge in [-0.3, -0.25) is 14.5 Å². The van der Waals surface area contributed by atoms with Gasteiger partial charge in [0.1, 0.15) is 17.8 Å². The average Bonchev–Trinajstić information content (AvgIpc) is 3.10. The largest absolute Gasteiger partial charge is 0.360 e. The molecule has 0 radical (unpaired) electrons. The lowest BCUT2D eigenvalue weighted by Gasteiger charge is -2.21. The molecule has 1 atom stereocenters. The number of carbonyl (C=O) groups is 3. The highest BCUT2D eigenvalue weighted by Crippen LogP contribution is 2.23. The van der Waals surface area contributed by atoms with Gasteiger partial charge in [-0.15, -0.1) is 0 Å².